The number of carbonyl (C=O) groups excluding carboxylic acids is 3. The molecular weight excluding hydrogens is 416 g/mol. The number of aliphatic imine (C=N–C) groups is 1. The fourth-order valence-corrected chi connectivity index (χ4v) is 3.20. The first-order valence-electron chi connectivity index (χ1n) is 8.61. The van der Waals surface area contributed by atoms with Gasteiger partial charge in [-0.25, -0.2) is 9.79 Å². The number of hydrogen-bond donors (Lipinski definition) is 1. The molecule has 1 aromatic heterocycles. The van der Waals surface area contributed by atoms with E-state index < -0.39 is 28.7 Å². The highest BCUT2D eigenvalue weighted by Crippen LogP contribution is 2.22. The molecule has 1 aliphatic heterocycles. The number of thioether (sulfide) groups is 1. The van der Waals surface area contributed by atoms with Gasteiger partial charge in [0, 0.05) is 37.0 Å². The summed E-state index contributed by atoms with van der Waals surface area (Å²) in [7, 11) is 1.35. The minimum Gasteiger partial charge on any atom is -0.416 e. The van der Waals surface area contributed by atoms with Crippen LogP contribution in [-0.4, -0.2) is 56.4 Å². The lowest BCUT2D eigenvalue weighted by Gasteiger charge is -2.24. The molecule has 1 unspecified atom stereocenters. The van der Waals surface area contributed by atoms with E-state index in [9.17, 15) is 24.5 Å². The lowest BCUT2D eigenvalue weighted by molar-refractivity contribution is -0.384. The van der Waals surface area contributed by atoms with Crippen LogP contribution in [0.3, 0.4) is 0 Å². The van der Waals surface area contributed by atoms with Crippen molar-refractivity contribution in [1.82, 2.24) is 15.1 Å². The molecule has 156 valence electrons. The molecule has 2 heterocycles. The maximum Gasteiger partial charge on any atom is 0.349 e. The molecule has 1 aromatic carbocycles. The third-order valence-corrected chi connectivity index (χ3v) is 5.00. The second kappa shape index (κ2) is 8.82. The van der Waals surface area contributed by atoms with Crippen LogP contribution in [0.4, 0.5) is 16.2 Å². The van der Waals surface area contributed by atoms with Gasteiger partial charge >= 0.3 is 6.03 Å². The second-order valence-electron chi connectivity index (χ2n) is 6.30. The van der Waals surface area contributed by atoms with Crippen molar-refractivity contribution < 1.29 is 23.7 Å². The minimum atomic E-state index is -0.678. The average Bonchev–Trinajstić information content (AvgIpc) is 3.16. The number of urea groups is 1. The summed E-state index contributed by atoms with van der Waals surface area (Å²) in [5.41, 5.74) is 0.530. The Labute approximate surface area is 173 Å². The molecule has 4 amide bonds. The number of anilines is 1. The van der Waals surface area contributed by atoms with Crippen LogP contribution >= 0.6 is 11.8 Å². The molecule has 0 saturated carbocycles. The number of nitrogens with zero attached hydrogens (tertiary/aromatic N) is 5. The van der Waals surface area contributed by atoms with Crippen molar-refractivity contribution in [3.63, 3.8) is 0 Å². The average molecular weight is 432 g/mol. The number of carbonyl (C=O) groups is 3. The fraction of sp³-hybridized carbons (Fsp3) is 0.294. The zero-order valence-corrected chi connectivity index (χ0v) is 16.7. The molecule has 0 bridgehead atoms. The van der Waals surface area contributed by atoms with E-state index in [0.717, 1.165) is 16.7 Å². The Hall–Kier alpha value is -3.61. The standard InChI is InChI=1S/C17H16N6O6S/c1-9-12(15(25)22(2)16(26)18-9)7-14-20-21-17(29-14)30-8-13(24)19-10-4-3-5-11(6-10)23(27)28/h3-6,12H,7-8H2,1-2H3,(H,19,24). The number of non-ortho nitro benzene ring substituents is 1. The molecule has 0 radical (unpaired) electrons. The number of aromatic nitrogens is 2. The predicted molar refractivity (Wildman–Crippen MR) is 105 cm³/mol. The normalized spacial score (nSPS) is 16.4. The number of hydrogen-bond acceptors (Lipinski definition) is 9. The zero-order valence-electron chi connectivity index (χ0n) is 15.9. The summed E-state index contributed by atoms with van der Waals surface area (Å²) in [6.45, 7) is 1.58. The molecule has 1 atom stereocenters. The summed E-state index contributed by atoms with van der Waals surface area (Å²) in [4.78, 5) is 50.8. The molecule has 12 nitrogen and oxygen atoms in total. The van der Waals surface area contributed by atoms with Gasteiger partial charge in [0.1, 0.15) is 0 Å². The monoisotopic (exact) mass is 432 g/mol. The van der Waals surface area contributed by atoms with Gasteiger partial charge in [0.15, 0.2) is 0 Å². The van der Waals surface area contributed by atoms with Gasteiger partial charge in [-0.15, -0.1) is 10.2 Å². The highest BCUT2D eigenvalue weighted by atomic mass is 32.2. The highest BCUT2D eigenvalue weighted by molar-refractivity contribution is 7.99. The van der Waals surface area contributed by atoms with Crippen molar-refractivity contribution in [1.29, 1.82) is 0 Å². The van der Waals surface area contributed by atoms with Crippen molar-refractivity contribution in [2.24, 2.45) is 10.9 Å². The molecule has 30 heavy (non-hydrogen) atoms. The zero-order chi connectivity index (χ0) is 21.8. The summed E-state index contributed by atoms with van der Waals surface area (Å²) < 4.78 is 5.46. The Morgan fingerprint density at radius 1 is 1.37 bits per heavy atom. The molecule has 1 N–H and O–H groups in total. The van der Waals surface area contributed by atoms with E-state index in [0.29, 0.717) is 11.4 Å². The molecule has 0 fully saturated rings. The molecular formula is C17H16N6O6S. The third-order valence-electron chi connectivity index (χ3n) is 4.19. The van der Waals surface area contributed by atoms with Gasteiger partial charge in [0.25, 0.3) is 10.9 Å². The number of amides is 4. The van der Waals surface area contributed by atoms with E-state index in [2.05, 4.69) is 20.5 Å². The van der Waals surface area contributed by atoms with Gasteiger partial charge in [-0.1, -0.05) is 17.8 Å². The highest BCUT2D eigenvalue weighted by Gasteiger charge is 2.34. The van der Waals surface area contributed by atoms with Gasteiger partial charge in [-0.3, -0.25) is 24.6 Å². The topological polar surface area (TPSA) is 161 Å². The van der Waals surface area contributed by atoms with E-state index in [4.69, 9.17) is 4.42 Å². The SMILES string of the molecule is CC1=NC(=O)N(C)C(=O)C1Cc1nnc(SCC(=O)Nc2cccc([N+](=O)[O-])c2)o1. The van der Waals surface area contributed by atoms with Crippen LogP contribution in [0.25, 0.3) is 0 Å². The molecule has 3 rings (SSSR count). The Kier molecular flexibility index (Phi) is 6.20. The first kappa shape index (κ1) is 21.1. The van der Waals surface area contributed by atoms with Gasteiger partial charge in [0.05, 0.1) is 16.6 Å². The van der Waals surface area contributed by atoms with Gasteiger partial charge in [-0.2, -0.15) is 0 Å². The lowest BCUT2D eigenvalue weighted by atomic mass is 9.97. The maximum atomic E-state index is 12.2. The van der Waals surface area contributed by atoms with Crippen molar-refractivity contribution >= 4 is 46.7 Å². The van der Waals surface area contributed by atoms with Crippen LogP contribution < -0.4 is 5.32 Å². The lowest BCUT2D eigenvalue weighted by Crippen LogP contribution is -2.44. The fourth-order valence-electron chi connectivity index (χ4n) is 2.62. The third kappa shape index (κ3) is 4.86. The largest absolute Gasteiger partial charge is 0.416 e. The second-order valence-corrected chi connectivity index (χ2v) is 7.22. The van der Waals surface area contributed by atoms with E-state index in [1.165, 1.54) is 31.3 Å². The van der Waals surface area contributed by atoms with Crippen molar-refractivity contribution in [2.45, 2.75) is 18.6 Å². The van der Waals surface area contributed by atoms with E-state index in [-0.39, 0.29) is 29.0 Å². The quantitative estimate of drug-likeness (QED) is 0.391. The van der Waals surface area contributed by atoms with Crippen LogP contribution in [0.1, 0.15) is 12.8 Å². The van der Waals surface area contributed by atoms with Crippen LogP contribution in [0.15, 0.2) is 38.9 Å². The van der Waals surface area contributed by atoms with Crippen LogP contribution in [0.5, 0.6) is 0 Å². The summed E-state index contributed by atoms with van der Waals surface area (Å²) in [6, 6.07) is 4.95. The van der Waals surface area contributed by atoms with Crippen LogP contribution in [0, 0.1) is 16.0 Å². The maximum absolute atomic E-state index is 12.2. The number of nitro groups is 1. The predicted octanol–water partition coefficient (Wildman–Crippen LogP) is 1.92. The summed E-state index contributed by atoms with van der Waals surface area (Å²) in [5, 5.41) is 21.1. The number of imide groups is 1. The number of nitrogens with one attached hydrogen (secondary N) is 1. The first-order chi connectivity index (χ1) is 14.2. The van der Waals surface area contributed by atoms with Crippen LogP contribution in [-0.2, 0) is 16.0 Å². The minimum absolute atomic E-state index is 0.0651. The Morgan fingerprint density at radius 2 is 2.13 bits per heavy atom. The first-order valence-corrected chi connectivity index (χ1v) is 9.59. The molecule has 0 aliphatic carbocycles. The summed E-state index contributed by atoms with van der Waals surface area (Å²) >= 11 is 0.978. The van der Waals surface area contributed by atoms with Crippen molar-refractivity contribution in [3.05, 3.63) is 40.3 Å². The van der Waals surface area contributed by atoms with Gasteiger partial charge < -0.3 is 9.73 Å². The van der Waals surface area contributed by atoms with E-state index >= 15 is 0 Å². The number of rotatable bonds is 7. The van der Waals surface area contributed by atoms with E-state index in [1.807, 2.05) is 0 Å². The molecule has 0 spiro atoms. The van der Waals surface area contributed by atoms with Crippen molar-refractivity contribution in [2.75, 3.05) is 18.1 Å². The number of benzene rings is 1. The van der Waals surface area contributed by atoms with Crippen molar-refractivity contribution in [3.8, 4) is 0 Å². The Bertz CT molecular complexity index is 1050. The van der Waals surface area contributed by atoms with Crippen LogP contribution in [0.2, 0.25) is 0 Å². The number of nitro benzene ring substituents is 1. The van der Waals surface area contributed by atoms with Gasteiger partial charge in [-0.05, 0) is 13.0 Å². The van der Waals surface area contributed by atoms with E-state index in [1.54, 1.807) is 6.92 Å². The Balaban J connectivity index is 1.56. The summed E-state index contributed by atoms with van der Waals surface area (Å²) in [6.07, 6.45) is 0.0826. The summed E-state index contributed by atoms with van der Waals surface area (Å²) in [5.74, 6) is -1.39. The molecule has 13 heteroatoms. The van der Waals surface area contributed by atoms with Gasteiger partial charge in [0.2, 0.25) is 17.7 Å². The molecule has 1 aliphatic rings. The Morgan fingerprint density at radius 3 is 2.87 bits per heavy atom. The molecule has 0 saturated heterocycles. The molecule has 2 aromatic rings. The smallest absolute Gasteiger partial charge is 0.349 e.